The second-order valence-corrected chi connectivity index (χ2v) is 7.53. The van der Waals surface area contributed by atoms with Gasteiger partial charge in [0.05, 0.1) is 10.8 Å². The van der Waals surface area contributed by atoms with Crippen LogP contribution in [-0.4, -0.2) is 54.5 Å². The lowest BCUT2D eigenvalue weighted by Crippen LogP contribution is -2.36. The summed E-state index contributed by atoms with van der Waals surface area (Å²) in [6.45, 7) is 0. The van der Waals surface area contributed by atoms with Crippen LogP contribution in [0.25, 0.3) is 0 Å². The topological polar surface area (TPSA) is 174 Å². The number of carbonyl (C=O) groups is 1. The lowest BCUT2D eigenvalue weighted by Gasteiger charge is -2.37. The van der Waals surface area contributed by atoms with Gasteiger partial charge in [-0.05, 0) is 17.7 Å². The number of aliphatic hydroxyl groups excluding tert-OH is 1. The molecule has 0 fully saturated rings. The van der Waals surface area contributed by atoms with Gasteiger partial charge < -0.3 is 41.1 Å². The average Bonchev–Trinajstić information content (AvgIpc) is 2.62. The zero-order chi connectivity index (χ0) is 20.6. The highest BCUT2D eigenvalue weighted by Gasteiger charge is 2.41. The fourth-order valence-electron chi connectivity index (χ4n) is 2.96. The van der Waals surface area contributed by atoms with E-state index in [9.17, 15) is 30.3 Å². The van der Waals surface area contributed by atoms with Crippen LogP contribution in [0.1, 0.15) is 22.5 Å². The quantitative estimate of drug-likeness (QED) is 0.355. The van der Waals surface area contributed by atoms with Crippen LogP contribution >= 0.6 is 11.8 Å². The molecule has 4 atom stereocenters. The van der Waals surface area contributed by atoms with Gasteiger partial charge in [0.15, 0.2) is 17.6 Å². The normalized spacial score (nSPS) is 22.1. The summed E-state index contributed by atoms with van der Waals surface area (Å²) in [4.78, 5) is 11.0. The lowest BCUT2D eigenvalue weighted by atomic mass is 9.93. The Bertz CT molecular complexity index is 905. The summed E-state index contributed by atoms with van der Waals surface area (Å²) in [6, 6.07) is 5.08. The SMILES string of the molecule is N[C@@H](CS[C@@H]1c2c(O)cc(O)cc2O[C@H](c2ccc(O)c(O)c2)[C@H]1O)C(=O)O. The van der Waals surface area contributed by atoms with Gasteiger partial charge in [-0.2, -0.15) is 0 Å². The average molecular weight is 409 g/mol. The standard InChI is InChI=1S/C18H19NO8S/c19-9(18(25)26)6-28-17-14-12(23)4-8(20)5-13(14)27-16(15(17)24)7-1-2-10(21)11(22)3-7/h1-5,9,15-17,20-24H,6,19H2,(H,25,26)/t9-,15+,16+,17+/m0/s1. The maximum atomic E-state index is 11.0. The van der Waals surface area contributed by atoms with E-state index >= 15 is 0 Å². The van der Waals surface area contributed by atoms with Crippen molar-refractivity contribution in [1.82, 2.24) is 0 Å². The van der Waals surface area contributed by atoms with Gasteiger partial charge in [0.2, 0.25) is 0 Å². The van der Waals surface area contributed by atoms with Gasteiger partial charge in [-0.25, -0.2) is 0 Å². The first-order valence-corrected chi connectivity index (χ1v) is 9.26. The molecular formula is C18H19NO8S. The molecule has 9 nitrogen and oxygen atoms in total. The highest BCUT2D eigenvalue weighted by Crippen LogP contribution is 2.52. The molecule has 1 heterocycles. The van der Waals surface area contributed by atoms with Crippen molar-refractivity contribution in [2.45, 2.75) is 23.5 Å². The third-order valence-electron chi connectivity index (χ3n) is 4.36. The van der Waals surface area contributed by atoms with Crippen molar-refractivity contribution in [3.05, 3.63) is 41.5 Å². The largest absolute Gasteiger partial charge is 0.508 e. The van der Waals surface area contributed by atoms with E-state index in [0.29, 0.717) is 5.56 Å². The first-order chi connectivity index (χ1) is 13.2. The van der Waals surface area contributed by atoms with Crippen molar-refractivity contribution < 1.29 is 40.2 Å². The van der Waals surface area contributed by atoms with E-state index in [1.54, 1.807) is 0 Å². The number of aromatic hydroxyl groups is 4. The van der Waals surface area contributed by atoms with Crippen LogP contribution in [0.4, 0.5) is 0 Å². The summed E-state index contributed by atoms with van der Waals surface area (Å²) in [5.41, 5.74) is 6.09. The second kappa shape index (κ2) is 7.66. The van der Waals surface area contributed by atoms with E-state index < -0.39 is 35.2 Å². The molecule has 8 N–H and O–H groups in total. The van der Waals surface area contributed by atoms with Crippen molar-refractivity contribution in [1.29, 1.82) is 0 Å². The van der Waals surface area contributed by atoms with Gasteiger partial charge >= 0.3 is 5.97 Å². The predicted molar refractivity (Wildman–Crippen MR) is 99.7 cm³/mol. The number of rotatable bonds is 5. The molecule has 0 amide bonds. The van der Waals surface area contributed by atoms with E-state index in [-0.39, 0.29) is 34.3 Å². The number of hydrogen-bond acceptors (Lipinski definition) is 9. The van der Waals surface area contributed by atoms with Gasteiger partial charge in [0.1, 0.15) is 29.4 Å². The maximum absolute atomic E-state index is 11.0. The Morgan fingerprint density at radius 2 is 1.82 bits per heavy atom. The Balaban J connectivity index is 2.01. The molecule has 3 rings (SSSR count). The lowest BCUT2D eigenvalue weighted by molar-refractivity contribution is -0.137. The Morgan fingerprint density at radius 3 is 2.46 bits per heavy atom. The zero-order valence-electron chi connectivity index (χ0n) is 14.4. The number of ether oxygens (including phenoxy) is 1. The number of carboxylic acids is 1. The van der Waals surface area contributed by atoms with E-state index in [1.807, 2.05) is 0 Å². The molecule has 0 bridgehead atoms. The maximum Gasteiger partial charge on any atom is 0.321 e. The number of phenols is 4. The Labute approximate surface area is 163 Å². The van der Waals surface area contributed by atoms with Gasteiger partial charge in [-0.3, -0.25) is 4.79 Å². The Kier molecular flexibility index (Phi) is 5.45. The molecule has 1 aliphatic rings. The summed E-state index contributed by atoms with van der Waals surface area (Å²) in [5.74, 6) is -2.48. The zero-order valence-corrected chi connectivity index (χ0v) is 15.2. The minimum absolute atomic E-state index is 0.0512. The van der Waals surface area contributed by atoms with Crippen LogP contribution in [0.5, 0.6) is 28.7 Å². The fraction of sp³-hybridized carbons (Fsp3) is 0.278. The van der Waals surface area contributed by atoms with Crippen molar-refractivity contribution >= 4 is 17.7 Å². The van der Waals surface area contributed by atoms with Crippen LogP contribution in [0, 0.1) is 0 Å². The smallest absolute Gasteiger partial charge is 0.321 e. The number of aliphatic carboxylic acids is 1. The summed E-state index contributed by atoms with van der Waals surface area (Å²) >= 11 is 1.02. The molecule has 2 aromatic rings. The molecule has 0 saturated carbocycles. The second-order valence-electron chi connectivity index (χ2n) is 6.35. The highest BCUT2D eigenvalue weighted by molar-refractivity contribution is 7.99. The van der Waals surface area contributed by atoms with Crippen LogP contribution in [0.3, 0.4) is 0 Å². The van der Waals surface area contributed by atoms with E-state index in [2.05, 4.69) is 0 Å². The number of fused-ring (bicyclic) bond motifs is 1. The minimum Gasteiger partial charge on any atom is -0.508 e. The summed E-state index contributed by atoms with van der Waals surface area (Å²) < 4.78 is 5.75. The molecule has 0 unspecified atom stereocenters. The molecule has 0 aromatic heterocycles. The minimum atomic E-state index is -1.25. The molecule has 2 aromatic carbocycles. The molecule has 1 aliphatic heterocycles. The third kappa shape index (κ3) is 3.75. The molecule has 0 aliphatic carbocycles. The molecule has 10 heteroatoms. The first kappa shape index (κ1) is 19.9. The van der Waals surface area contributed by atoms with Crippen LogP contribution in [-0.2, 0) is 4.79 Å². The first-order valence-electron chi connectivity index (χ1n) is 8.21. The summed E-state index contributed by atoms with van der Waals surface area (Å²) in [6.07, 6.45) is -2.27. The van der Waals surface area contributed by atoms with Gasteiger partial charge in [0.25, 0.3) is 0 Å². The summed E-state index contributed by atoms with van der Waals surface area (Å²) in [7, 11) is 0. The van der Waals surface area contributed by atoms with Crippen molar-refractivity contribution in [2.75, 3.05) is 5.75 Å². The van der Waals surface area contributed by atoms with Gasteiger partial charge in [-0.1, -0.05) is 6.07 Å². The Morgan fingerprint density at radius 1 is 1.11 bits per heavy atom. The molecule has 0 spiro atoms. The third-order valence-corrected chi connectivity index (χ3v) is 5.79. The fourth-order valence-corrected chi connectivity index (χ4v) is 4.26. The number of aliphatic hydroxyl groups is 1. The number of benzene rings is 2. The van der Waals surface area contributed by atoms with Gasteiger partial charge in [-0.15, -0.1) is 11.8 Å². The molecule has 0 radical (unpaired) electrons. The number of phenolic OH excluding ortho intramolecular Hbond substituents is 4. The van der Waals surface area contributed by atoms with Gasteiger partial charge in [0, 0.05) is 17.9 Å². The van der Waals surface area contributed by atoms with E-state index in [4.69, 9.17) is 15.6 Å². The highest BCUT2D eigenvalue weighted by atomic mass is 32.2. The number of nitrogens with two attached hydrogens (primary N) is 1. The summed E-state index contributed by atoms with van der Waals surface area (Å²) in [5, 5.41) is 58.3. The monoisotopic (exact) mass is 409 g/mol. The van der Waals surface area contributed by atoms with E-state index in [0.717, 1.165) is 17.8 Å². The predicted octanol–water partition coefficient (Wildman–Crippen LogP) is 1.19. The molecule has 0 saturated heterocycles. The Hall–Kier alpha value is -2.82. The number of carboxylic acid groups (broad SMARTS) is 1. The van der Waals surface area contributed by atoms with Crippen LogP contribution in [0.15, 0.2) is 30.3 Å². The van der Waals surface area contributed by atoms with Crippen molar-refractivity contribution in [3.8, 4) is 28.7 Å². The number of thioether (sulfide) groups is 1. The van der Waals surface area contributed by atoms with Crippen LogP contribution < -0.4 is 10.5 Å². The van der Waals surface area contributed by atoms with E-state index in [1.165, 1.54) is 24.3 Å². The number of hydrogen-bond donors (Lipinski definition) is 7. The van der Waals surface area contributed by atoms with Crippen molar-refractivity contribution in [3.63, 3.8) is 0 Å². The molecule has 150 valence electrons. The molecular weight excluding hydrogens is 390 g/mol. The van der Waals surface area contributed by atoms with Crippen LogP contribution in [0.2, 0.25) is 0 Å². The van der Waals surface area contributed by atoms with Crippen molar-refractivity contribution in [2.24, 2.45) is 5.73 Å². The molecule has 28 heavy (non-hydrogen) atoms.